The zero-order valence-corrected chi connectivity index (χ0v) is 8.40. The van der Waals surface area contributed by atoms with Crippen molar-refractivity contribution in [3.8, 4) is 0 Å². The SMILES string of the molecule is COC(C)(C)C(C)(C)C1CC1. The molecule has 1 aliphatic rings. The highest BCUT2D eigenvalue weighted by atomic mass is 16.5. The highest BCUT2D eigenvalue weighted by molar-refractivity contribution is 4.98. The molecule has 0 heterocycles. The molecule has 0 aromatic rings. The molecule has 11 heavy (non-hydrogen) atoms. The lowest BCUT2D eigenvalue weighted by Crippen LogP contribution is -2.42. The van der Waals surface area contributed by atoms with Crippen molar-refractivity contribution in [2.45, 2.75) is 46.1 Å². The van der Waals surface area contributed by atoms with Gasteiger partial charge in [-0.25, -0.2) is 0 Å². The molecule has 66 valence electrons. The summed E-state index contributed by atoms with van der Waals surface area (Å²) < 4.78 is 5.50. The van der Waals surface area contributed by atoms with Gasteiger partial charge in [-0.1, -0.05) is 13.8 Å². The van der Waals surface area contributed by atoms with Gasteiger partial charge in [-0.2, -0.15) is 0 Å². The smallest absolute Gasteiger partial charge is 0.0676 e. The monoisotopic (exact) mass is 156 g/mol. The Morgan fingerprint density at radius 1 is 1.09 bits per heavy atom. The maximum atomic E-state index is 5.50. The van der Waals surface area contributed by atoms with Crippen molar-refractivity contribution in [3.63, 3.8) is 0 Å². The Hall–Kier alpha value is -0.0400. The lowest BCUT2D eigenvalue weighted by molar-refractivity contribution is -0.0812. The molecule has 0 aromatic carbocycles. The molecule has 0 aromatic heterocycles. The van der Waals surface area contributed by atoms with Crippen LogP contribution in [0.2, 0.25) is 0 Å². The molecule has 0 unspecified atom stereocenters. The summed E-state index contributed by atoms with van der Waals surface area (Å²) in [6, 6.07) is 0. The first-order valence-corrected chi connectivity index (χ1v) is 4.47. The fraction of sp³-hybridized carbons (Fsp3) is 1.00. The summed E-state index contributed by atoms with van der Waals surface area (Å²) in [4.78, 5) is 0. The standard InChI is InChI=1S/C10H20O/c1-9(2,8-6-7-8)10(3,4)11-5/h8H,6-7H2,1-5H3. The predicted molar refractivity (Wildman–Crippen MR) is 47.6 cm³/mol. The topological polar surface area (TPSA) is 9.23 Å². The van der Waals surface area contributed by atoms with E-state index in [9.17, 15) is 0 Å². The Morgan fingerprint density at radius 3 is 1.82 bits per heavy atom. The summed E-state index contributed by atoms with van der Waals surface area (Å²) >= 11 is 0. The van der Waals surface area contributed by atoms with Crippen molar-refractivity contribution >= 4 is 0 Å². The van der Waals surface area contributed by atoms with Gasteiger partial charge in [0.15, 0.2) is 0 Å². The Balaban J connectivity index is 2.68. The van der Waals surface area contributed by atoms with Crippen molar-refractivity contribution in [2.75, 3.05) is 7.11 Å². The highest BCUT2D eigenvalue weighted by Gasteiger charge is 2.47. The summed E-state index contributed by atoms with van der Waals surface area (Å²) in [5.41, 5.74) is 0.357. The molecule has 1 nitrogen and oxygen atoms in total. The number of ether oxygens (including phenoxy) is 1. The van der Waals surface area contributed by atoms with Gasteiger partial charge in [0, 0.05) is 7.11 Å². The van der Waals surface area contributed by atoms with Gasteiger partial charge < -0.3 is 4.74 Å². The van der Waals surface area contributed by atoms with Crippen LogP contribution in [0.1, 0.15) is 40.5 Å². The fourth-order valence-corrected chi connectivity index (χ4v) is 1.56. The molecule has 1 saturated carbocycles. The molecular formula is C10H20O. The van der Waals surface area contributed by atoms with Crippen LogP contribution in [0.3, 0.4) is 0 Å². The minimum Gasteiger partial charge on any atom is -0.378 e. The van der Waals surface area contributed by atoms with Crippen LogP contribution in [0.15, 0.2) is 0 Å². The van der Waals surface area contributed by atoms with Crippen molar-refractivity contribution < 1.29 is 4.74 Å². The van der Waals surface area contributed by atoms with Crippen LogP contribution >= 0.6 is 0 Å². The van der Waals surface area contributed by atoms with Gasteiger partial charge in [-0.05, 0) is 38.0 Å². The quantitative estimate of drug-likeness (QED) is 0.610. The molecule has 0 saturated heterocycles. The van der Waals surface area contributed by atoms with Crippen LogP contribution in [0.5, 0.6) is 0 Å². The van der Waals surface area contributed by atoms with Crippen LogP contribution < -0.4 is 0 Å². The molecule has 0 N–H and O–H groups in total. The van der Waals surface area contributed by atoms with Gasteiger partial charge in [0.05, 0.1) is 5.60 Å². The molecule has 0 spiro atoms. The van der Waals surface area contributed by atoms with E-state index in [1.165, 1.54) is 12.8 Å². The van der Waals surface area contributed by atoms with Crippen molar-refractivity contribution in [1.82, 2.24) is 0 Å². The van der Waals surface area contributed by atoms with E-state index < -0.39 is 0 Å². The third kappa shape index (κ3) is 1.44. The summed E-state index contributed by atoms with van der Waals surface area (Å²) in [6.45, 7) is 9.00. The largest absolute Gasteiger partial charge is 0.378 e. The molecule has 0 atom stereocenters. The van der Waals surface area contributed by atoms with Gasteiger partial charge in [-0.3, -0.25) is 0 Å². The molecule has 1 fully saturated rings. The Morgan fingerprint density at radius 2 is 1.55 bits per heavy atom. The zero-order chi connectivity index (χ0) is 8.70. The third-order valence-electron chi connectivity index (χ3n) is 3.66. The van der Waals surface area contributed by atoms with E-state index in [0.29, 0.717) is 5.41 Å². The average Bonchev–Trinajstić information content (AvgIpc) is 2.68. The number of rotatable bonds is 3. The second-order valence-electron chi connectivity index (χ2n) is 4.71. The van der Waals surface area contributed by atoms with E-state index in [-0.39, 0.29) is 5.60 Å². The highest BCUT2D eigenvalue weighted by Crippen LogP contribution is 2.51. The molecule has 0 aliphatic heterocycles. The van der Waals surface area contributed by atoms with E-state index >= 15 is 0 Å². The molecule has 0 bridgehead atoms. The minimum atomic E-state index is 0.0220. The number of hydrogen-bond acceptors (Lipinski definition) is 1. The molecule has 1 aliphatic carbocycles. The first kappa shape index (κ1) is 9.05. The summed E-state index contributed by atoms with van der Waals surface area (Å²) in [5.74, 6) is 0.887. The van der Waals surface area contributed by atoms with E-state index in [1.54, 1.807) is 0 Å². The van der Waals surface area contributed by atoms with Crippen LogP contribution in [0.25, 0.3) is 0 Å². The maximum Gasteiger partial charge on any atom is 0.0676 e. The summed E-state index contributed by atoms with van der Waals surface area (Å²) in [7, 11) is 1.81. The zero-order valence-electron chi connectivity index (χ0n) is 8.40. The Kier molecular flexibility index (Phi) is 2.04. The predicted octanol–water partition coefficient (Wildman–Crippen LogP) is 2.85. The molecule has 0 amide bonds. The molecular weight excluding hydrogens is 136 g/mol. The van der Waals surface area contributed by atoms with E-state index in [0.717, 1.165) is 5.92 Å². The van der Waals surface area contributed by atoms with Gasteiger partial charge in [-0.15, -0.1) is 0 Å². The summed E-state index contributed by atoms with van der Waals surface area (Å²) in [6.07, 6.45) is 2.78. The van der Waals surface area contributed by atoms with E-state index in [4.69, 9.17) is 4.74 Å². The van der Waals surface area contributed by atoms with Crippen LogP contribution in [0.4, 0.5) is 0 Å². The van der Waals surface area contributed by atoms with Crippen LogP contribution in [-0.2, 0) is 4.74 Å². The van der Waals surface area contributed by atoms with E-state index in [1.807, 2.05) is 7.11 Å². The Labute approximate surface area is 70.1 Å². The first-order valence-electron chi connectivity index (χ1n) is 4.47. The summed E-state index contributed by atoms with van der Waals surface area (Å²) in [5, 5.41) is 0. The Bertz CT molecular complexity index is 143. The minimum absolute atomic E-state index is 0.0220. The maximum absolute atomic E-state index is 5.50. The average molecular weight is 156 g/mol. The normalized spacial score (nSPS) is 20.5. The van der Waals surface area contributed by atoms with E-state index in [2.05, 4.69) is 27.7 Å². The van der Waals surface area contributed by atoms with Gasteiger partial charge in [0.1, 0.15) is 0 Å². The van der Waals surface area contributed by atoms with Gasteiger partial charge in [0.2, 0.25) is 0 Å². The first-order chi connectivity index (χ1) is 4.92. The molecule has 1 rings (SSSR count). The van der Waals surface area contributed by atoms with Gasteiger partial charge >= 0.3 is 0 Å². The second kappa shape index (κ2) is 2.48. The van der Waals surface area contributed by atoms with Crippen molar-refractivity contribution in [1.29, 1.82) is 0 Å². The van der Waals surface area contributed by atoms with Crippen molar-refractivity contribution in [3.05, 3.63) is 0 Å². The lowest BCUT2D eigenvalue weighted by Gasteiger charge is -2.40. The number of hydrogen-bond donors (Lipinski definition) is 0. The van der Waals surface area contributed by atoms with Crippen LogP contribution in [0, 0.1) is 11.3 Å². The lowest BCUT2D eigenvalue weighted by atomic mass is 9.73. The fourth-order valence-electron chi connectivity index (χ4n) is 1.56. The second-order valence-corrected chi connectivity index (χ2v) is 4.71. The third-order valence-corrected chi connectivity index (χ3v) is 3.66. The molecule has 1 heteroatoms. The molecule has 0 radical (unpaired) electrons. The van der Waals surface area contributed by atoms with Gasteiger partial charge in [0.25, 0.3) is 0 Å². The van der Waals surface area contributed by atoms with Crippen molar-refractivity contribution in [2.24, 2.45) is 11.3 Å². The van der Waals surface area contributed by atoms with Crippen LogP contribution in [-0.4, -0.2) is 12.7 Å². The number of methoxy groups -OCH3 is 1.